The van der Waals surface area contributed by atoms with Gasteiger partial charge in [0, 0.05) is 10.7 Å². The summed E-state index contributed by atoms with van der Waals surface area (Å²) >= 11 is 5.98. The van der Waals surface area contributed by atoms with Crippen LogP contribution in [0.3, 0.4) is 0 Å². The van der Waals surface area contributed by atoms with Gasteiger partial charge in [-0.1, -0.05) is 35.9 Å². The van der Waals surface area contributed by atoms with Crippen molar-refractivity contribution >= 4 is 23.4 Å². The smallest absolute Gasteiger partial charge is 0.420 e. The monoisotopic (exact) mass is 381 g/mol. The van der Waals surface area contributed by atoms with Gasteiger partial charge >= 0.3 is 6.09 Å². The van der Waals surface area contributed by atoms with Crippen molar-refractivity contribution < 1.29 is 19.0 Å². The fourth-order valence-corrected chi connectivity index (χ4v) is 2.87. The average molecular weight is 382 g/mol. The summed E-state index contributed by atoms with van der Waals surface area (Å²) in [6.45, 7) is 0.514. The van der Waals surface area contributed by atoms with Gasteiger partial charge in [0.15, 0.2) is 11.5 Å². The van der Waals surface area contributed by atoms with Crippen LogP contribution in [0.25, 0.3) is 0 Å². The van der Waals surface area contributed by atoms with Crippen molar-refractivity contribution in [2.24, 2.45) is 0 Å². The van der Waals surface area contributed by atoms with Crippen molar-refractivity contribution in [3.8, 4) is 17.2 Å². The third-order valence-electron chi connectivity index (χ3n) is 4.08. The number of ether oxygens (including phenoxy) is 3. The summed E-state index contributed by atoms with van der Waals surface area (Å²) in [5, 5.41) is 0.596. The lowest BCUT2D eigenvalue weighted by molar-refractivity contribution is 0.174. The fraction of sp³-hybridized carbons (Fsp3) is 0.0952. The van der Waals surface area contributed by atoms with Crippen LogP contribution >= 0.6 is 11.6 Å². The maximum absolute atomic E-state index is 12.9. The predicted molar refractivity (Wildman–Crippen MR) is 103 cm³/mol. The summed E-state index contributed by atoms with van der Waals surface area (Å²) in [6.07, 6.45) is -0.485. The first-order chi connectivity index (χ1) is 13.2. The van der Waals surface area contributed by atoms with Gasteiger partial charge in [-0.2, -0.15) is 0 Å². The molecule has 136 valence electrons. The Morgan fingerprint density at radius 2 is 1.70 bits per heavy atom. The quantitative estimate of drug-likeness (QED) is 0.617. The molecular weight excluding hydrogens is 366 g/mol. The maximum atomic E-state index is 12.9. The van der Waals surface area contributed by atoms with Gasteiger partial charge in [0.25, 0.3) is 0 Å². The van der Waals surface area contributed by atoms with Crippen LogP contribution in [0.4, 0.5) is 10.5 Å². The molecule has 1 aliphatic rings. The topological polar surface area (TPSA) is 48.0 Å². The van der Waals surface area contributed by atoms with Gasteiger partial charge in [-0.15, -0.1) is 0 Å². The fourth-order valence-electron chi connectivity index (χ4n) is 2.75. The van der Waals surface area contributed by atoms with Crippen molar-refractivity contribution in [3.05, 3.63) is 83.4 Å². The molecule has 4 rings (SSSR count). The lowest BCUT2D eigenvalue weighted by Gasteiger charge is -2.22. The molecule has 0 aromatic heterocycles. The number of fused-ring (bicyclic) bond motifs is 1. The number of benzene rings is 3. The summed E-state index contributed by atoms with van der Waals surface area (Å²) in [6, 6.07) is 21.6. The molecule has 3 aromatic rings. The molecule has 27 heavy (non-hydrogen) atoms. The Morgan fingerprint density at radius 1 is 0.963 bits per heavy atom. The molecule has 0 fully saturated rings. The van der Waals surface area contributed by atoms with Gasteiger partial charge in [-0.3, -0.25) is 4.90 Å². The first kappa shape index (κ1) is 17.2. The summed E-state index contributed by atoms with van der Waals surface area (Å²) < 4.78 is 16.3. The number of nitrogens with zero attached hydrogens (tertiary/aromatic N) is 1. The molecule has 0 N–H and O–H groups in total. The van der Waals surface area contributed by atoms with Crippen LogP contribution in [0.5, 0.6) is 17.2 Å². The number of para-hydroxylation sites is 1. The standard InChI is InChI=1S/C21H16ClNO4/c22-16-7-9-17(10-8-16)23(21(24)27-18-4-2-1-3-5-18)13-15-6-11-19-20(12-15)26-14-25-19/h1-12H,13-14H2. The lowest BCUT2D eigenvalue weighted by Crippen LogP contribution is -2.33. The van der Waals surface area contributed by atoms with E-state index in [0.29, 0.717) is 34.5 Å². The van der Waals surface area contributed by atoms with E-state index in [1.807, 2.05) is 36.4 Å². The zero-order valence-electron chi connectivity index (χ0n) is 14.3. The zero-order chi connectivity index (χ0) is 18.6. The second kappa shape index (κ2) is 7.60. The Labute approximate surface area is 161 Å². The van der Waals surface area contributed by atoms with E-state index < -0.39 is 6.09 Å². The van der Waals surface area contributed by atoms with E-state index in [1.54, 1.807) is 41.3 Å². The molecule has 0 saturated heterocycles. The number of amides is 1. The molecule has 0 radical (unpaired) electrons. The SMILES string of the molecule is O=C(Oc1ccccc1)N(Cc1ccc2c(c1)OCO2)c1ccc(Cl)cc1. The highest BCUT2D eigenvalue weighted by Crippen LogP contribution is 2.33. The third-order valence-corrected chi connectivity index (χ3v) is 4.34. The summed E-state index contributed by atoms with van der Waals surface area (Å²) in [5.41, 5.74) is 1.57. The van der Waals surface area contributed by atoms with Crippen LogP contribution < -0.4 is 19.1 Å². The van der Waals surface area contributed by atoms with Crippen molar-refractivity contribution in [2.75, 3.05) is 11.7 Å². The van der Waals surface area contributed by atoms with Crippen LogP contribution in [0, 0.1) is 0 Å². The molecule has 5 nitrogen and oxygen atoms in total. The van der Waals surface area contributed by atoms with Crippen LogP contribution in [0.1, 0.15) is 5.56 Å². The van der Waals surface area contributed by atoms with Gasteiger partial charge in [0.05, 0.1) is 6.54 Å². The molecule has 0 unspecified atom stereocenters. The Bertz CT molecular complexity index is 944. The highest BCUT2D eigenvalue weighted by molar-refractivity contribution is 6.30. The Hall–Kier alpha value is -3.18. The second-order valence-corrected chi connectivity index (χ2v) is 6.37. The zero-order valence-corrected chi connectivity index (χ0v) is 15.1. The molecule has 0 spiro atoms. The van der Waals surface area contributed by atoms with Gasteiger partial charge in [-0.05, 0) is 54.1 Å². The number of anilines is 1. The Morgan fingerprint density at radius 3 is 2.48 bits per heavy atom. The van der Waals surface area contributed by atoms with E-state index in [4.69, 9.17) is 25.8 Å². The minimum Gasteiger partial charge on any atom is -0.454 e. The van der Waals surface area contributed by atoms with Crippen LogP contribution in [0.15, 0.2) is 72.8 Å². The van der Waals surface area contributed by atoms with E-state index in [-0.39, 0.29) is 6.79 Å². The molecule has 3 aromatic carbocycles. The molecule has 0 aliphatic carbocycles. The second-order valence-electron chi connectivity index (χ2n) is 5.93. The molecular formula is C21H16ClNO4. The van der Waals surface area contributed by atoms with Crippen LogP contribution in [-0.2, 0) is 6.54 Å². The molecule has 6 heteroatoms. The Balaban J connectivity index is 1.61. The highest BCUT2D eigenvalue weighted by Gasteiger charge is 2.21. The number of hydrogen-bond donors (Lipinski definition) is 0. The van der Waals surface area contributed by atoms with Crippen LogP contribution in [-0.4, -0.2) is 12.9 Å². The van der Waals surface area contributed by atoms with Gasteiger partial charge in [0.2, 0.25) is 6.79 Å². The van der Waals surface area contributed by atoms with E-state index in [9.17, 15) is 4.79 Å². The lowest BCUT2D eigenvalue weighted by atomic mass is 10.2. The van der Waals surface area contributed by atoms with Crippen molar-refractivity contribution in [2.45, 2.75) is 6.54 Å². The number of rotatable bonds is 4. The third kappa shape index (κ3) is 3.99. The molecule has 0 saturated carbocycles. The number of halogens is 1. The van der Waals surface area contributed by atoms with Gasteiger partial charge in [0.1, 0.15) is 5.75 Å². The number of carbonyl (C=O) groups is 1. The van der Waals surface area contributed by atoms with E-state index in [0.717, 1.165) is 5.56 Å². The minimum atomic E-state index is -0.485. The maximum Gasteiger partial charge on any atom is 0.420 e. The molecule has 1 amide bonds. The Kier molecular flexibility index (Phi) is 4.85. The molecule has 1 aliphatic heterocycles. The molecule has 1 heterocycles. The van der Waals surface area contributed by atoms with Gasteiger partial charge < -0.3 is 14.2 Å². The average Bonchev–Trinajstić information content (AvgIpc) is 3.15. The highest BCUT2D eigenvalue weighted by atomic mass is 35.5. The first-order valence-electron chi connectivity index (χ1n) is 8.37. The first-order valence-corrected chi connectivity index (χ1v) is 8.75. The summed E-state index contributed by atoms with van der Waals surface area (Å²) in [5.74, 6) is 1.84. The summed E-state index contributed by atoms with van der Waals surface area (Å²) in [7, 11) is 0. The molecule has 0 bridgehead atoms. The van der Waals surface area contributed by atoms with E-state index >= 15 is 0 Å². The van der Waals surface area contributed by atoms with Crippen LogP contribution in [0.2, 0.25) is 5.02 Å². The van der Waals surface area contributed by atoms with Crippen molar-refractivity contribution in [1.82, 2.24) is 0 Å². The largest absolute Gasteiger partial charge is 0.454 e. The summed E-state index contributed by atoms with van der Waals surface area (Å²) in [4.78, 5) is 14.4. The number of hydrogen-bond acceptors (Lipinski definition) is 4. The minimum absolute atomic E-state index is 0.204. The van der Waals surface area contributed by atoms with Gasteiger partial charge in [-0.25, -0.2) is 4.79 Å². The normalized spacial score (nSPS) is 11.9. The van der Waals surface area contributed by atoms with Crippen molar-refractivity contribution in [3.63, 3.8) is 0 Å². The van der Waals surface area contributed by atoms with E-state index in [2.05, 4.69) is 0 Å². The van der Waals surface area contributed by atoms with Crippen molar-refractivity contribution in [1.29, 1.82) is 0 Å². The predicted octanol–water partition coefficient (Wildman–Crippen LogP) is 5.27. The number of carbonyl (C=O) groups excluding carboxylic acids is 1. The molecule has 0 atom stereocenters. The van der Waals surface area contributed by atoms with E-state index in [1.165, 1.54) is 0 Å².